The summed E-state index contributed by atoms with van der Waals surface area (Å²) in [6.07, 6.45) is 3.00. The van der Waals surface area contributed by atoms with Gasteiger partial charge in [0.1, 0.15) is 0 Å². The molecule has 22 heteroatoms. The maximum absolute atomic E-state index is 13.8. The van der Waals surface area contributed by atoms with Crippen molar-refractivity contribution in [3.8, 4) is 0 Å². The predicted octanol–water partition coefficient (Wildman–Crippen LogP) is 8.01. The van der Waals surface area contributed by atoms with Gasteiger partial charge in [0.15, 0.2) is 0 Å². The fourth-order valence-corrected chi connectivity index (χ4v) is 14.1. The van der Waals surface area contributed by atoms with Crippen LogP contribution in [0.4, 0.5) is 9.59 Å². The number of carbonyl (C=O) groups is 2. The number of ether oxygens (including phenoxy) is 4. The van der Waals surface area contributed by atoms with Crippen molar-refractivity contribution in [3.05, 3.63) is 125 Å². The molecule has 0 spiro atoms. The number of nitrogens with zero attached hydrogens (tertiary/aromatic N) is 4. The van der Waals surface area contributed by atoms with Gasteiger partial charge in [-0.1, -0.05) is 70.7 Å². The van der Waals surface area contributed by atoms with Crippen LogP contribution in [-0.4, -0.2) is 171 Å². The molecule has 414 valence electrons. The van der Waals surface area contributed by atoms with Crippen LogP contribution in [0.5, 0.6) is 0 Å². The molecule has 0 saturated heterocycles. The number of likely N-dealkylation sites (N-methyl/N-ethyl adjacent to an activating group) is 2. The Labute approximate surface area is 472 Å². The lowest BCUT2D eigenvalue weighted by atomic mass is 9.84. The van der Waals surface area contributed by atoms with Crippen LogP contribution in [-0.2, 0) is 54.9 Å². The highest BCUT2D eigenvalue weighted by Crippen LogP contribution is 2.42. The third-order valence-electron chi connectivity index (χ3n) is 14.0. The molecule has 0 fully saturated rings. The van der Waals surface area contributed by atoms with E-state index >= 15 is 0 Å². The van der Waals surface area contributed by atoms with Gasteiger partial charge in [-0.3, -0.25) is 0 Å². The van der Waals surface area contributed by atoms with E-state index in [9.17, 15) is 18.0 Å². The first-order valence-electron chi connectivity index (χ1n) is 26.1. The van der Waals surface area contributed by atoms with Crippen molar-refractivity contribution in [1.29, 1.82) is 0 Å². The molecule has 4 aromatic rings. The maximum Gasteiger partial charge on any atom is 0.314 e. The molecule has 0 radical (unpaired) electrons. The first-order chi connectivity index (χ1) is 36.7. The lowest BCUT2D eigenvalue weighted by Gasteiger charge is -2.34. The van der Waals surface area contributed by atoms with E-state index in [2.05, 4.69) is 66.7 Å². The first-order valence-corrected chi connectivity index (χ1v) is 29.8. The third kappa shape index (κ3) is 16.1. The molecular weight excluding hydrogens is 1090 g/mol. The van der Waals surface area contributed by atoms with Crippen LogP contribution in [0.2, 0.25) is 20.1 Å². The standard InChI is InChI=1S/C54H70Cl4N8O8S2/c1-63-33-45(43-29-41(55)31-49(57)47(43)35-63)39-7-5-37-9-15-65(75-51(37)27-39)17-21-73-25-23-71-19-13-61-53(67)59-11-3-4-12-60-54(68)62-14-20-72-24-26-74-22-18-66-16-10-38-6-8-40(28-52(38)76(66,69)70)46-34-64(2)36-48-44(46)30-42(56)32-50(48)58/h5-8,27-32,45-46H,3-4,9-26,33-36H2,1-2H3,(H2,59,61,67)(H2,60,62,68). The lowest BCUT2D eigenvalue weighted by molar-refractivity contribution is 0.0459. The Hall–Kier alpha value is -3.44. The second-order valence-electron chi connectivity index (χ2n) is 19.6. The summed E-state index contributed by atoms with van der Waals surface area (Å²) in [7, 11) is 0.440. The van der Waals surface area contributed by atoms with Crippen LogP contribution in [0.1, 0.15) is 69.2 Å². The molecule has 2 unspecified atom stereocenters. The molecule has 0 aromatic heterocycles. The molecule has 4 heterocycles. The van der Waals surface area contributed by atoms with Gasteiger partial charge >= 0.3 is 12.1 Å². The van der Waals surface area contributed by atoms with Gasteiger partial charge in [0, 0.05) is 115 Å². The van der Waals surface area contributed by atoms with Crippen molar-refractivity contribution in [1.82, 2.24) is 39.7 Å². The number of unbranched alkanes of at least 4 members (excludes halogenated alkanes) is 1. The monoisotopic (exact) mass is 1160 g/mol. The van der Waals surface area contributed by atoms with Crippen LogP contribution >= 0.6 is 58.4 Å². The van der Waals surface area contributed by atoms with Gasteiger partial charge in [-0.2, -0.15) is 4.31 Å². The molecule has 0 bridgehead atoms. The summed E-state index contributed by atoms with van der Waals surface area (Å²) in [6.45, 7) is 10.2. The Balaban J connectivity index is 0.591. The highest BCUT2D eigenvalue weighted by Gasteiger charge is 2.34. The van der Waals surface area contributed by atoms with Crippen molar-refractivity contribution >= 4 is 80.4 Å². The average Bonchev–Trinajstić information content (AvgIpc) is 3.41. The molecular formula is C54H70Cl4N8O8S2. The van der Waals surface area contributed by atoms with Gasteiger partial charge in [-0.25, -0.2) is 22.3 Å². The predicted molar refractivity (Wildman–Crippen MR) is 301 cm³/mol. The number of hydrogen-bond donors (Lipinski definition) is 4. The molecule has 4 N–H and O–H groups in total. The van der Waals surface area contributed by atoms with Gasteiger partial charge < -0.3 is 50.0 Å². The van der Waals surface area contributed by atoms with Gasteiger partial charge in [0.05, 0.1) is 57.8 Å². The molecule has 4 amide bonds. The van der Waals surface area contributed by atoms with E-state index in [-0.39, 0.29) is 37.0 Å². The van der Waals surface area contributed by atoms with Crippen molar-refractivity contribution in [3.63, 3.8) is 0 Å². The van der Waals surface area contributed by atoms with Crippen LogP contribution < -0.4 is 21.3 Å². The number of nitrogens with one attached hydrogen (secondary N) is 4. The lowest BCUT2D eigenvalue weighted by Crippen LogP contribution is -2.40. The van der Waals surface area contributed by atoms with Gasteiger partial charge in [0.2, 0.25) is 10.0 Å². The van der Waals surface area contributed by atoms with E-state index in [0.29, 0.717) is 125 Å². The summed E-state index contributed by atoms with van der Waals surface area (Å²) in [6, 6.07) is 19.7. The van der Waals surface area contributed by atoms with Crippen molar-refractivity contribution in [2.24, 2.45) is 0 Å². The highest BCUT2D eigenvalue weighted by atomic mass is 35.5. The number of carbonyl (C=O) groups excluding carboxylic acids is 2. The molecule has 76 heavy (non-hydrogen) atoms. The summed E-state index contributed by atoms with van der Waals surface area (Å²) in [4.78, 5) is 30.5. The van der Waals surface area contributed by atoms with Crippen molar-refractivity contribution < 1.29 is 37.0 Å². The SMILES string of the molecule is CN1Cc2c(Cl)cc(Cl)cc2C(c2ccc3c(c2)SN(CCOCCOCCNC(=O)NCCCCNC(=O)NCCOCCOCCN2CCc4ccc(C5CN(C)Cc6c(Cl)cc(Cl)cc65)cc4S2(=O)=O)CC3)C1. The number of rotatable bonds is 25. The number of benzene rings is 4. The molecule has 16 nitrogen and oxygen atoms in total. The molecule has 4 aromatic carbocycles. The molecule has 4 aliphatic rings. The number of hydrogen-bond acceptors (Lipinski definition) is 12. The Morgan fingerprint density at radius 3 is 1.64 bits per heavy atom. The van der Waals surface area contributed by atoms with E-state index in [0.717, 1.165) is 72.0 Å². The molecule has 0 saturated carbocycles. The Kier molecular flexibility index (Phi) is 22.1. The first kappa shape index (κ1) is 58.7. The summed E-state index contributed by atoms with van der Waals surface area (Å²) in [5, 5.41) is 13.8. The molecule has 2 atom stereocenters. The van der Waals surface area contributed by atoms with E-state index in [4.69, 9.17) is 65.4 Å². The normalized spacial score (nSPS) is 18.6. The van der Waals surface area contributed by atoms with Crippen LogP contribution in [0.25, 0.3) is 0 Å². The number of fused-ring (bicyclic) bond motifs is 4. The van der Waals surface area contributed by atoms with Gasteiger partial charge in [-0.15, -0.1) is 0 Å². The Morgan fingerprint density at radius 2 is 1.08 bits per heavy atom. The fourth-order valence-electron chi connectivity index (χ4n) is 10.1. The highest BCUT2D eigenvalue weighted by molar-refractivity contribution is 7.97. The van der Waals surface area contributed by atoms with E-state index < -0.39 is 10.0 Å². The van der Waals surface area contributed by atoms with Crippen LogP contribution in [0, 0.1) is 0 Å². The largest absolute Gasteiger partial charge is 0.378 e. The number of urea groups is 2. The van der Waals surface area contributed by atoms with Crippen LogP contribution in [0.3, 0.4) is 0 Å². The average molecular weight is 1170 g/mol. The van der Waals surface area contributed by atoms with Crippen LogP contribution in [0.15, 0.2) is 70.5 Å². The maximum atomic E-state index is 13.8. The minimum atomic E-state index is -3.72. The number of amides is 4. The number of halogens is 4. The van der Waals surface area contributed by atoms with E-state index in [1.807, 2.05) is 37.4 Å². The Morgan fingerprint density at radius 1 is 0.592 bits per heavy atom. The number of sulfonamides is 1. The van der Waals surface area contributed by atoms with Gasteiger partial charge in [0.25, 0.3) is 0 Å². The van der Waals surface area contributed by atoms with E-state index in [1.165, 1.54) is 25.9 Å². The zero-order valence-corrected chi connectivity index (χ0v) is 47.9. The van der Waals surface area contributed by atoms with Crippen molar-refractivity contribution in [2.45, 2.75) is 60.4 Å². The minimum Gasteiger partial charge on any atom is -0.378 e. The second kappa shape index (κ2) is 28.6. The summed E-state index contributed by atoms with van der Waals surface area (Å²) >= 11 is 27.8. The summed E-state index contributed by atoms with van der Waals surface area (Å²) < 4.78 is 54.2. The van der Waals surface area contributed by atoms with E-state index in [1.54, 1.807) is 18.0 Å². The zero-order chi connectivity index (χ0) is 53.6. The molecule has 4 aliphatic heterocycles. The zero-order valence-electron chi connectivity index (χ0n) is 43.3. The Bertz CT molecular complexity index is 2750. The third-order valence-corrected chi connectivity index (χ3v) is 18.3. The second-order valence-corrected chi connectivity index (χ2v) is 24.3. The molecule has 0 aliphatic carbocycles. The summed E-state index contributed by atoms with van der Waals surface area (Å²) in [5.74, 6) is 0.136. The molecule has 8 rings (SSSR count). The van der Waals surface area contributed by atoms with Crippen molar-refractivity contribution in [2.75, 3.05) is 132 Å². The van der Waals surface area contributed by atoms with Gasteiger partial charge in [-0.05, 0) is 133 Å². The fraction of sp³-hybridized carbons (Fsp3) is 0.519. The quantitative estimate of drug-likeness (QED) is 0.0374. The summed E-state index contributed by atoms with van der Waals surface area (Å²) in [5.41, 5.74) is 8.78. The smallest absolute Gasteiger partial charge is 0.314 e. The minimum absolute atomic E-state index is 0.0670. The topological polar surface area (TPSA) is 166 Å².